The summed E-state index contributed by atoms with van der Waals surface area (Å²) in [4.78, 5) is 29.6. The van der Waals surface area contributed by atoms with Crippen LogP contribution in [0.2, 0.25) is 5.15 Å². The summed E-state index contributed by atoms with van der Waals surface area (Å²) >= 11 is 6.18. The van der Waals surface area contributed by atoms with Gasteiger partial charge in [-0.3, -0.25) is 4.79 Å². The number of amides is 1. The Balaban J connectivity index is 1.43. The third-order valence-electron chi connectivity index (χ3n) is 5.94. The standard InChI is InChI=1S/C23H26ClN3O5/c1-4-14-11-23(14,22(29)31-5-2)27-20(28)18-10-16(12-25-18)32-21-17-7-6-15(30-3)8-13(17)9-19(24)26-21/h4,6-9,14,16,18,25H,1,5,10-12H2,2-3H3,(H,27,28)/t14-,16-,18+,23-/m1/s1. The van der Waals surface area contributed by atoms with Crippen molar-refractivity contribution < 1.29 is 23.8 Å². The molecule has 0 spiro atoms. The number of nitrogens with one attached hydrogen (secondary N) is 2. The van der Waals surface area contributed by atoms with Gasteiger partial charge in [0, 0.05) is 24.3 Å². The van der Waals surface area contributed by atoms with Crippen LogP contribution in [0.15, 0.2) is 36.9 Å². The van der Waals surface area contributed by atoms with Gasteiger partial charge in [-0.15, -0.1) is 6.58 Å². The average Bonchev–Trinajstić information content (AvgIpc) is 3.29. The number of aromatic nitrogens is 1. The number of halogens is 1. The van der Waals surface area contributed by atoms with Gasteiger partial charge in [-0.25, -0.2) is 9.78 Å². The molecule has 1 aliphatic heterocycles. The molecule has 1 amide bonds. The highest BCUT2D eigenvalue weighted by Gasteiger charge is 2.61. The molecular formula is C23H26ClN3O5. The molecule has 2 N–H and O–H groups in total. The van der Waals surface area contributed by atoms with Gasteiger partial charge in [0.2, 0.25) is 11.8 Å². The number of benzene rings is 1. The molecule has 0 radical (unpaired) electrons. The predicted molar refractivity (Wildman–Crippen MR) is 120 cm³/mol. The summed E-state index contributed by atoms with van der Waals surface area (Å²) in [5.74, 6) is 0.299. The number of nitrogens with zero attached hydrogens (tertiary/aromatic N) is 1. The van der Waals surface area contributed by atoms with Crippen molar-refractivity contribution in [2.45, 2.75) is 37.5 Å². The van der Waals surface area contributed by atoms with E-state index < -0.39 is 17.6 Å². The Kier molecular flexibility index (Phi) is 6.26. The second-order valence-electron chi connectivity index (χ2n) is 8.00. The molecule has 1 saturated heterocycles. The lowest BCUT2D eigenvalue weighted by atomic mass is 10.1. The van der Waals surface area contributed by atoms with Crippen LogP contribution >= 0.6 is 11.6 Å². The quantitative estimate of drug-likeness (QED) is 0.355. The zero-order valence-corrected chi connectivity index (χ0v) is 18.8. The van der Waals surface area contributed by atoms with Crippen LogP contribution in [0, 0.1) is 5.92 Å². The van der Waals surface area contributed by atoms with E-state index in [-0.39, 0.29) is 24.5 Å². The van der Waals surface area contributed by atoms with Gasteiger partial charge in [0.1, 0.15) is 22.5 Å². The van der Waals surface area contributed by atoms with Crippen molar-refractivity contribution >= 4 is 34.2 Å². The molecular weight excluding hydrogens is 434 g/mol. The lowest BCUT2D eigenvalue weighted by molar-refractivity contribution is -0.149. The maximum absolute atomic E-state index is 12.9. The Morgan fingerprint density at radius 2 is 2.22 bits per heavy atom. The number of pyridine rings is 1. The van der Waals surface area contributed by atoms with Gasteiger partial charge < -0.3 is 24.8 Å². The molecule has 4 atom stereocenters. The van der Waals surface area contributed by atoms with Gasteiger partial charge in [0.25, 0.3) is 0 Å². The number of carbonyl (C=O) groups is 2. The van der Waals surface area contributed by atoms with Gasteiger partial charge in [-0.2, -0.15) is 0 Å². The normalized spacial score (nSPS) is 26.4. The molecule has 2 aliphatic rings. The molecule has 0 bridgehead atoms. The van der Waals surface area contributed by atoms with Crippen LogP contribution in [0.25, 0.3) is 10.8 Å². The largest absolute Gasteiger partial charge is 0.497 e. The third kappa shape index (κ3) is 4.25. The zero-order chi connectivity index (χ0) is 22.9. The first-order valence-corrected chi connectivity index (χ1v) is 10.9. The van der Waals surface area contributed by atoms with Crippen molar-refractivity contribution in [1.29, 1.82) is 0 Å². The van der Waals surface area contributed by atoms with Crippen LogP contribution in [0.3, 0.4) is 0 Å². The molecule has 2 heterocycles. The molecule has 1 aromatic heterocycles. The fourth-order valence-corrected chi connectivity index (χ4v) is 4.30. The van der Waals surface area contributed by atoms with E-state index in [9.17, 15) is 9.59 Å². The summed E-state index contributed by atoms with van der Waals surface area (Å²) in [7, 11) is 1.60. The number of rotatable bonds is 8. The number of carbonyl (C=O) groups excluding carboxylic acids is 2. The van der Waals surface area contributed by atoms with Crippen molar-refractivity contribution in [3.8, 4) is 11.6 Å². The average molecular weight is 460 g/mol. The lowest BCUT2D eigenvalue weighted by Gasteiger charge is -2.20. The van der Waals surface area contributed by atoms with Crippen molar-refractivity contribution in [3.63, 3.8) is 0 Å². The monoisotopic (exact) mass is 459 g/mol. The van der Waals surface area contributed by atoms with E-state index in [0.29, 0.717) is 36.2 Å². The highest BCUT2D eigenvalue weighted by atomic mass is 35.5. The van der Waals surface area contributed by atoms with Crippen molar-refractivity contribution in [3.05, 3.63) is 42.1 Å². The predicted octanol–water partition coefficient (Wildman–Crippen LogP) is 2.63. The number of hydrogen-bond donors (Lipinski definition) is 2. The molecule has 1 saturated carbocycles. The third-order valence-corrected chi connectivity index (χ3v) is 6.14. The Bertz CT molecular complexity index is 1060. The molecule has 2 aromatic rings. The zero-order valence-electron chi connectivity index (χ0n) is 18.0. The van der Waals surface area contributed by atoms with Gasteiger partial charge in [-0.1, -0.05) is 17.7 Å². The Morgan fingerprint density at radius 3 is 2.91 bits per heavy atom. The summed E-state index contributed by atoms with van der Waals surface area (Å²) in [6.07, 6.45) is 2.32. The van der Waals surface area contributed by atoms with E-state index in [1.165, 1.54) is 0 Å². The van der Waals surface area contributed by atoms with E-state index in [2.05, 4.69) is 22.2 Å². The van der Waals surface area contributed by atoms with Crippen LogP contribution in [0.4, 0.5) is 0 Å². The summed E-state index contributed by atoms with van der Waals surface area (Å²) in [6.45, 7) is 6.20. The molecule has 32 heavy (non-hydrogen) atoms. The summed E-state index contributed by atoms with van der Waals surface area (Å²) in [5, 5.41) is 8.00. The maximum atomic E-state index is 12.9. The number of esters is 1. The smallest absolute Gasteiger partial charge is 0.332 e. The number of methoxy groups -OCH3 is 1. The fraction of sp³-hybridized carbons (Fsp3) is 0.435. The van der Waals surface area contributed by atoms with Crippen molar-refractivity contribution in [1.82, 2.24) is 15.6 Å². The molecule has 1 aliphatic carbocycles. The Morgan fingerprint density at radius 1 is 1.41 bits per heavy atom. The maximum Gasteiger partial charge on any atom is 0.332 e. The molecule has 0 unspecified atom stereocenters. The molecule has 9 heteroatoms. The van der Waals surface area contributed by atoms with Crippen LogP contribution < -0.4 is 20.1 Å². The van der Waals surface area contributed by atoms with Gasteiger partial charge >= 0.3 is 5.97 Å². The summed E-state index contributed by atoms with van der Waals surface area (Å²) < 4.78 is 16.5. The molecule has 2 fully saturated rings. The SMILES string of the molecule is C=C[C@@H]1C[C@]1(NC(=O)[C@@H]1C[C@@H](Oc2nc(Cl)cc3cc(OC)ccc23)CN1)C(=O)OCC. The van der Waals surface area contributed by atoms with E-state index in [1.54, 1.807) is 26.2 Å². The first-order chi connectivity index (χ1) is 15.4. The molecule has 8 nitrogen and oxygen atoms in total. The lowest BCUT2D eigenvalue weighted by Crippen LogP contribution is -2.51. The minimum Gasteiger partial charge on any atom is -0.497 e. The molecule has 4 rings (SSSR count). The minimum atomic E-state index is -1.01. The number of fused-ring (bicyclic) bond motifs is 1. The van der Waals surface area contributed by atoms with Crippen LogP contribution in [-0.4, -0.2) is 54.8 Å². The van der Waals surface area contributed by atoms with E-state index in [4.69, 9.17) is 25.8 Å². The van der Waals surface area contributed by atoms with Crippen LogP contribution in [-0.2, 0) is 14.3 Å². The molecule has 170 valence electrons. The van der Waals surface area contributed by atoms with Gasteiger partial charge in [-0.05, 0) is 43.0 Å². The number of ether oxygens (including phenoxy) is 3. The fourth-order valence-electron chi connectivity index (χ4n) is 4.11. The van der Waals surface area contributed by atoms with Crippen molar-refractivity contribution in [2.24, 2.45) is 5.92 Å². The van der Waals surface area contributed by atoms with E-state index >= 15 is 0 Å². The van der Waals surface area contributed by atoms with Gasteiger partial charge in [0.05, 0.1) is 19.8 Å². The first-order valence-electron chi connectivity index (χ1n) is 10.6. The summed E-state index contributed by atoms with van der Waals surface area (Å²) in [6, 6.07) is 6.80. The Hall–Kier alpha value is -2.84. The van der Waals surface area contributed by atoms with E-state index in [1.807, 2.05) is 18.2 Å². The Labute approximate surface area is 191 Å². The number of hydrogen-bond acceptors (Lipinski definition) is 7. The minimum absolute atomic E-state index is 0.127. The second-order valence-corrected chi connectivity index (χ2v) is 8.39. The van der Waals surface area contributed by atoms with Crippen LogP contribution in [0.5, 0.6) is 11.6 Å². The van der Waals surface area contributed by atoms with Crippen LogP contribution in [0.1, 0.15) is 19.8 Å². The topological polar surface area (TPSA) is 98.8 Å². The van der Waals surface area contributed by atoms with Gasteiger partial charge in [0.15, 0.2) is 0 Å². The highest BCUT2D eigenvalue weighted by molar-refractivity contribution is 6.30. The van der Waals surface area contributed by atoms with Crippen molar-refractivity contribution in [2.75, 3.05) is 20.3 Å². The first kappa shape index (κ1) is 22.4. The second kappa shape index (κ2) is 8.96. The summed E-state index contributed by atoms with van der Waals surface area (Å²) in [5.41, 5.74) is -1.01. The van der Waals surface area contributed by atoms with E-state index in [0.717, 1.165) is 10.8 Å². The molecule has 1 aromatic carbocycles. The highest BCUT2D eigenvalue weighted by Crippen LogP contribution is 2.45.